The molecule has 2 aliphatic carbocycles. The van der Waals surface area contributed by atoms with Crippen LogP contribution in [0.5, 0.6) is 0 Å². The molecule has 96 valence electrons. The van der Waals surface area contributed by atoms with Crippen LogP contribution in [-0.2, 0) is 14.3 Å². The van der Waals surface area contributed by atoms with Gasteiger partial charge >= 0.3 is 5.97 Å². The third kappa shape index (κ3) is 1.15. The Morgan fingerprint density at radius 3 is 2.61 bits per heavy atom. The van der Waals surface area contributed by atoms with Crippen LogP contribution < -0.4 is 0 Å². The molecule has 1 aliphatic heterocycles. The number of Topliss-reactive ketones (excluding diaryl/α,β-unsaturated/α-hetero) is 1. The highest BCUT2D eigenvalue weighted by Gasteiger charge is 2.63. The molecular weight excluding hydrogens is 228 g/mol. The van der Waals surface area contributed by atoms with Gasteiger partial charge < -0.3 is 4.74 Å². The van der Waals surface area contributed by atoms with E-state index in [2.05, 4.69) is 6.08 Å². The highest BCUT2D eigenvalue weighted by molar-refractivity contribution is 5.92. The third-order valence-electron chi connectivity index (χ3n) is 5.05. The minimum absolute atomic E-state index is 0.142. The average Bonchev–Trinajstić information content (AvgIpc) is 2.48. The first-order valence-electron chi connectivity index (χ1n) is 6.42. The molecule has 0 unspecified atom stereocenters. The van der Waals surface area contributed by atoms with Crippen molar-refractivity contribution in [3.8, 4) is 0 Å². The summed E-state index contributed by atoms with van der Waals surface area (Å²) in [5, 5.41) is 0. The molecule has 0 aromatic carbocycles. The molecule has 0 radical (unpaired) electrons. The Bertz CT molecular complexity index is 524. The summed E-state index contributed by atoms with van der Waals surface area (Å²) in [4.78, 5) is 24.0. The Morgan fingerprint density at radius 2 is 1.94 bits per heavy atom. The first-order chi connectivity index (χ1) is 8.29. The van der Waals surface area contributed by atoms with Gasteiger partial charge in [0, 0.05) is 17.4 Å². The van der Waals surface area contributed by atoms with E-state index < -0.39 is 5.60 Å². The second-order valence-electron chi connectivity index (χ2n) is 6.37. The molecule has 0 N–H and O–H groups in total. The number of ketones is 1. The maximum atomic E-state index is 12.3. The summed E-state index contributed by atoms with van der Waals surface area (Å²) in [6.07, 6.45) is 4.04. The van der Waals surface area contributed by atoms with Crippen molar-refractivity contribution in [1.82, 2.24) is 0 Å². The number of carbonyl (C=O) groups is 2. The quantitative estimate of drug-likeness (QED) is 0.487. The zero-order valence-corrected chi connectivity index (χ0v) is 11.2. The predicted octanol–water partition coefficient (Wildman–Crippen LogP) is 2.42. The molecule has 1 heterocycles. The summed E-state index contributed by atoms with van der Waals surface area (Å²) < 4.78 is 5.61. The summed E-state index contributed by atoms with van der Waals surface area (Å²) in [5.74, 6) is 0.162. The van der Waals surface area contributed by atoms with E-state index in [1.807, 2.05) is 27.7 Å². The molecule has 0 amide bonds. The normalized spacial score (nSPS) is 40.9. The van der Waals surface area contributed by atoms with E-state index in [1.54, 1.807) is 6.08 Å². The predicted molar refractivity (Wildman–Crippen MR) is 66.7 cm³/mol. The molecule has 0 spiro atoms. The van der Waals surface area contributed by atoms with Crippen LogP contribution in [0.3, 0.4) is 0 Å². The van der Waals surface area contributed by atoms with Crippen molar-refractivity contribution in [2.45, 2.75) is 39.7 Å². The highest BCUT2D eigenvalue weighted by atomic mass is 16.6. The monoisotopic (exact) mass is 246 g/mol. The Hall–Kier alpha value is -1.38. The second-order valence-corrected chi connectivity index (χ2v) is 6.37. The Morgan fingerprint density at radius 1 is 1.28 bits per heavy atom. The van der Waals surface area contributed by atoms with Gasteiger partial charge in [-0.05, 0) is 25.3 Å². The lowest BCUT2D eigenvalue weighted by Crippen LogP contribution is -2.56. The molecule has 3 heteroatoms. The van der Waals surface area contributed by atoms with Crippen molar-refractivity contribution in [2.24, 2.45) is 17.3 Å². The van der Waals surface area contributed by atoms with Crippen LogP contribution in [0.1, 0.15) is 34.1 Å². The minimum atomic E-state index is -0.687. The van der Waals surface area contributed by atoms with Gasteiger partial charge in [0.2, 0.25) is 0 Å². The van der Waals surface area contributed by atoms with Crippen molar-refractivity contribution in [3.63, 3.8) is 0 Å². The molecule has 2 bridgehead atoms. The molecule has 3 atom stereocenters. The van der Waals surface area contributed by atoms with Crippen LogP contribution in [0.25, 0.3) is 0 Å². The van der Waals surface area contributed by atoms with Gasteiger partial charge in [-0.1, -0.05) is 25.5 Å². The lowest BCUT2D eigenvalue weighted by molar-refractivity contribution is -0.168. The number of carbonyl (C=O) groups excluding carboxylic acids is 2. The van der Waals surface area contributed by atoms with Gasteiger partial charge in [0.05, 0.1) is 6.42 Å². The van der Waals surface area contributed by atoms with Crippen molar-refractivity contribution >= 4 is 11.8 Å². The molecule has 0 aromatic rings. The van der Waals surface area contributed by atoms with Crippen LogP contribution >= 0.6 is 0 Å². The van der Waals surface area contributed by atoms with Crippen molar-refractivity contribution in [1.29, 1.82) is 0 Å². The largest absolute Gasteiger partial charge is 0.450 e. The first-order valence-corrected chi connectivity index (χ1v) is 6.42. The second kappa shape index (κ2) is 3.14. The zero-order valence-electron chi connectivity index (χ0n) is 11.2. The van der Waals surface area contributed by atoms with Gasteiger partial charge in [-0.25, -0.2) is 4.79 Å². The van der Waals surface area contributed by atoms with Gasteiger partial charge in [0.15, 0.2) is 0 Å². The van der Waals surface area contributed by atoms with Gasteiger partial charge in [-0.15, -0.1) is 0 Å². The Kier molecular flexibility index (Phi) is 2.04. The standard InChI is InChI=1S/C15H18O3/c1-8-5-12(17)18-15-7-11(16)14(3,4)10(13(8)15)6-9(15)2/h5-6,10,13H,7H2,1-4H3/t10-,13+,15-/m1/s1. The zero-order chi connectivity index (χ0) is 13.3. The SMILES string of the molecule is CC1=CC(=O)O[C@]23CC(=O)C(C)(C)[C@H](C=C2C)[C@H]13. The lowest BCUT2D eigenvalue weighted by atomic mass is 9.58. The number of hydrogen-bond donors (Lipinski definition) is 0. The maximum absolute atomic E-state index is 12.3. The lowest BCUT2D eigenvalue weighted by Gasteiger charge is -2.49. The topological polar surface area (TPSA) is 43.4 Å². The first kappa shape index (κ1) is 11.7. The molecular formula is C15H18O3. The van der Waals surface area contributed by atoms with E-state index in [0.717, 1.165) is 11.1 Å². The minimum Gasteiger partial charge on any atom is -0.450 e. The van der Waals surface area contributed by atoms with Gasteiger partial charge in [-0.2, -0.15) is 0 Å². The van der Waals surface area contributed by atoms with E-state index in [9.17, 15) is 9.59 Å². The summed E-state index contributed by atoms with van der Waals surface area (Å²) in [5.41, 5.74) is 1.03. The number of hydrogen-bond acceptors (Lipinski definition) is 3. The fraction of sp³-hybridized carbons (Fsp3) is 0.600. The van der Waals surface area contributed by atoms with Crippen molar-refractivity contribution in [3.05, 3.63) is 23.3 Å². The van der Waals surface area contributed by atoms with E-state index in [1.165, 1.54) is 0 Å². The van der Waals surface area contributed by atoms with E-state index >= 15 is 0 Å². The van der Waals surface area contributed by atoms with Crippen LogP contribution in [0.4, 0.5) is 0 Å². The molecule has 0 aromatic heterocycles. The molecule has 18 heavy (non-hydrogen) atoms. The van der Waals surface area contributed by atoms with Crippen molar-refractivity contribution in [2.75, 3.05) is 0 Å². The van der Waals surface area contributed by atoms with Crippen LogP contribution in [0.2, 0.25) is 0 Å². The molecule has 3 aliphatic rings. The average molecular weight is 246 g/mol. The summed E-state index contributed by atoms with van der Waals surface area (Å²) in [6.45, 7) is 7.96. The van der Waals surface area contributed by atoms with Crippen LogP contribution in [0, 0.1) is 17.3 Å². The fourth-order valence-corrected chi connectivity index (χ4v) is 3.88. The van der Waals surface area contributed by atoms with Gasteiger partial charge in [0.25, 0.3) is 0 Å². The summed E-state index contributed by atoms with van der Waals surface area (Å²) in [6, 6.07) is 0. The number of ether oxygens (including phenoxy) is 1. The highest BCUT2D eigenvalue weighted by Crippen LogP contribution is 2.59. The summed E-state index contributed by atoms with van der Waals surface area (Å²) >= 11 is 0. The van der Waals surface area contributed by atoms with E-state index in [-0.39, 0.29) is 29.0 Å². The summed E-state index contributed by atoms with van der Waals surface area (Å²) in [7, 11) is 0. The maximum Gasteiger partial charge on any atom is 0.331 e. The van der Waals surface area contributed by atoms with Gasteiger partial charge in [-0.3, -0.25) is 4.79 Å². The Balaban J connectivity index is 2.21. The van der Waals surface area contributed by atoms with Crippen LogP contribution in [-0.4, -0.2) is 17.4 Å². The molecule has 3 rings (SSSR count). The third-order valence-corrected chi connectivity index (χ3v) is 5.05. The van der Waals surface area contributed by atoms with Crippen LogP contribution in [0.15, 0.2) is 23.3 Å². The molecule has 3 nitrogen and oxygen atoms in total. The number of esters is 1. The number of rotatable bonds is 0. The Labute approximate surface area is 107 Å². The van der Waals surface area contributed by atoms with Crippen molar-refractivity contribution < 1.29 is 14.3 Å². The molecule has 1 saturated carbocycles. The molecule has 0 saturated heterocycles. The van der Waals surface area contributed by atoms with Gasteiger partial charge in [0.1, 0.15) is 11.4 Å². The molecule has 1 fully saturated rings. The van der Waals surface area contributed by atoms with E-state index in [0.29, 0.717) is 6.42 Å². The van der Waals surface area contributed by atoms with E-state index in [4.69, 9.17) is 4.74 Å². The fourth-order valence-electron chi connectivity index (χ4n) is 3.88. The smallest absolute Gasteiger partial charge is 0.331 e. The number of allylic oxidation sites excluding steroid dienone is 1.